The Bertz CT molecular complexity index is 375. The molecule has 0 aliphatic heterocycles. The van der Waals surface area contributed by atoms with E-state index < -0.39 is 29.3 Å². The van der Waals surface area contributed by atoms with Crippen LogP contribution in [-0.2, 0) is 0 Å². The lowest BCUT2D eigenvalue weighted by Crippen LogP contribution is -2.40. The Labute approximate surface area is 99.0 Å². The summed E-state index contributed by atoms with van der Waals surface area (Å²) in [5, 5.41) is 10.3. The lowest BCUT2D eigenvalue weighted by Gasteiger charge is -2.40. The summed E-state index contributed by atoms with van der Waals surface area (Å²) in [4.78, 5) is 0. The standard InChI is InChI=1S/C13H17F3O/c1-2-4-13(17)5-3-8-6-10(14)12(16)11(15)9(8)7-13/h6,9,11,17H,2-5,7H2,1H3. The van der Waals surface area contributed by atoms with Crippen molar-refractivity contribution in [3.8, 4) is 0 Å². The zero-order valence-corrected chi connectivity index (χ0v) is 9.85. The van der Waals surface area contributed by atoms with Gasteiger partial charge in [-0.1, -0.05) is 18.9 Å². The van der Waals surface area contributed by atoms with Gasteiger partial charge in [-0.3, -0.25) is 0 Å². The second-order valence-corrected chi connectivity index (χ2v) is 5.10. The number of alkyl halides is 1. The normalized spacial score (nSPS) is 37.8. The van der Waals surface area contributed by atoms with Crippen molar-refractivity contribution in [2.75, 3.05) is 0 Å². The van der Waals surface area contributed by atoms with E-state index in [4.69, 9.17) is 0 Å². The first-order valence-corrected chi connectivity index (χ1v) is 6.09. The Hall–Kier alpha value is -0.770. The third kappa shape index (κ3) is 2.28. The van der Waals surface area contributed by atoms with Crippen LogP contribution in [0.25, 0.3) is 0 Å². The molecule has 1 nitrogen and oxygen atoms in total. The molecule has 2 aliphatic rings. The molecule has 1 saturated carbocycles. The van der Waals surface area contributed by atoms with E-state index in [-0.39, 0.29) is 6.42 Å². The van der Waals surface area contributed by atoms with E-state index in [1.807, 2.05) is 6.92 Å². The van der Waals surface area contributed by atoms with Crippen molar-refractivity contribution in [2.45, 2.75) is 50.8 Å². The maximum atomic E-state index is 13.7. The molecule has 0 spiro atoms. The smallest absolute Gasteiger partial charge is 0.170 e. The summed E-state index contributed by atoms with van der Waals surface area (Å²) >= 11 is 0. The van der Waals surface area contributed by atoms with Crippen LogP contribution in [0.4, 0.5) is 13.2 Å². The van der Waals surface area contributed by atoms with Crippen molar-refractivity contribution >= 4 is 0 Å². The number of hydrogen-bond acceptors (Lipinski definition) is 1. The van der Waals surface area contributed by atoms with Crippen LogP contribution in [0.3, 0.4) is 0 Å². The summed E-state index contributed by atoms with van der Waals surface area (Å²) in [6.07, 6.45) is 1.69. The Morgan fingerprint density at radius 3 is 2.82 bits per heavy atom. The third-order valence-electron chi connectivity index (χ3n) is 3.81. The fourth-order valence-electron chi connectivity index (χ4n) is 2.91. The van der Waals surface area contributed by atoms with Gasteiger partial charge in [-0.25, -0.2) is 13.2 Å². The van der Waals surface area contributed by atoms with Gasteiger partial charge in [0, 0.05) is 5.92 Å². The minimum Gasteiger partial charge on any atom is -0.390 e. The third-order valence-corrected chi connectivity index (χ3v) is 3.81. The quantitative estimate of drug-likeness (QED) is 0.786. The number of allylic oxidation sites excluding steroid dienone is 4. The van der Waals surface area contributed by atoms with Crippen LogP contribution in [0.15, 0.2) is 23.3 Å². The highest BCUT2D eigenvalue weighted by Gasteiger charge is 2.43. The number of hydrogen-bond donors (Lipinski definition) is 1. The van der Waals surface area contributed by atoms with Crippen LogP contribution in [0, 0.1) is 5.92 Å². The lowest BCUT2D eigenvalue weighted by molar-refractivity contribution is -0.0214. The van der Waals surface area contributed by atoms with Crippen molar-refractivity contribution < 1.29 is 18.3 Å². The van der Waals surface area contributed by atoms with Crippen molar-refractivity contribution in [2.24, 2.45) is 5.92 Å². The van der Waals surface area contributed by atoms with E-state index in [0.29, 0.717) is 24.8 Å². The molecule has 3 unspecified atom stereocenters. The molecule has 0 aromatic carbocycles. The van der Waals surface area contributed by atoms with Gasteiger partial charge in [0.25, 0.3) is 0 Å². The molecule has 0 saturated heterocycles. The van der Waals surface area contributed by atoms with Crippen LogP contribution < -0.4 is 0 Å². The van der Waals surface area contributed by atoms with Gasteiger partial charge < -0.3 is 5.11 Å². The molecule has 4 heteroatoms. The molecule has 0 radical (unpaired) electrons. The van der Waals surface area contributed by atoms with E-state index in [1.165, 1.54) is 0 Å². The number of rotatable bonds is 2. The summed E-state index contributed by atoms with van der Waals surface area (Å²) in [5.74, 6) is -3.11. The van der Waals surface area contributed by atoms with Gasteiger partial charge in [-0.05, 0) is 31.8 Å². The van der Waals surface area contributed by atoms with Gasteiger partial charge in [0.2, 0.25) is 0 Å². The Kier molecular flexibility index (Phi) is 3.34. The summed E-state index contributed by atoms with van der Waals surface area (Å²) in [7, 11) is 0. The Balaban J connectivity index is 2.21. The molecule has 0 bridgehead atoms. The summed E-state index contributed by atoms with van der Waals surface area (Å²) < 4.78 is 40.0. The van der Waals surface area contributed by atoms with Crippen LogP contribution in [0.2, 0.25) is 0 Å². The Morgan fingerprint density at radius 2 is 2.18 bits per heavy atom. The van der Waals surface area contributed by atoms with Gasteiger partial charge >= 0.3 is 0 Å². The van der Waals surface area contributed by atoms with E-state index in [0.717, 1.165) is 12.5 Å². The molecule has 2 aliphatic carbocycles. The minimum atomic E-state index is -1.93. The monoisotopic (exact) mass is 246 g/mol. The number of fused-ring (bicyclic) bond motifs is 1. The highest BCUT2D eigenvalue weighted by atomic mass is 19.2. The summed E-state index contributed by atoms with van der Waals surface area (Å²) in [6.45, 7) is 1.94. The highest BCUT2D eigenvalue weighted by Crippen LogP contribution is 2.46. The molecule has 0 amide bonds. The zero-order valence-electron chi connectivity index (χ0n) is 9.85. The van der Waals surface area contributed by atoms with E-state index >= 15 is 0 Å². The summed E-state index contributed by atoms with van der Waals surface area (Å²) in [5.41, 5.74) is -0.327. The maximum Gasteiger partial charge on any atom is 0.170 e. The average molecular weight is 246 g/mol. The molecule has 1 fully saturated rings. The summed E-state index contributed by atoms with van der Waals surface area (Å²) in [6, 6.07) is 0. The average Bonchev–Trinajstić information content (AvgIpc) is 2.28. The molecule has 0 heterocycles. The van der Waals surface area contributed by atoms with Gasteiger partial charge in [0.1, 0.15) is 0 Å². The number of halogens is 3. The molecule has 17 heavy (non-hydrogen) atoms. The van der Waals surface area contributed by atoms with Gasteiger partial charge in [-0.15, -0.1) is 0 Å². The molecule has 0 aromatic heterocycles. The lowest BCUT2D eigenvalue weighted by atomic mass is 9.70. The van der Waals surface area contributed by atoms with Gasteiger partial charge in [0.05, 0.1) is 5.60 Å². The molecule has 0 aromatic rings. The number of aliphatic hydroxyl groups is 1. The van der Waals surface area contributed by atoms with Crippen LogP contribution in [0.1, 0.15) is 39.0 Å². The first-order chi connectivity index (χ1) is 7.97. The highest BCUT2D eigenvalue weighted by molar-refractivity contribution is 5.33. The van der Waals surface area contributed by atoms with Crippen LogP contribution in [-0.4, -0.2) is 16.9 Å². The van der Waals surface area contributed by atoms with E-state index in [1.54, 1.807) is 0 Å². The second-order valence-electron chi connectivity index (χ2n) is 5.10. The topological polar surface area (TPSA) is 20.2 Å². The fraction of sp³-hybridized carbons (Fsp3) is 0.692. The Morgan fingerprint density at radius 1 is 1.47 bits per heavy atom. The predicted molar refractivity (Wildman–Crippen MR) is 59.4 cm³/mol. The molecular formula is C13H17F3O. The zero-order chi connectivity index (χ0) is 12.6. The van der Waals surface area contributed by atoms with Gasteiger partial charge in [-0.2, -0.15) is 0 Å². The van der Waals surface area contributed by atoms with Crippen LogP contribution >= 0.6 is 0 Å². The SMILES string of the molecule is CCCC1(O)CCC2=CC(F)=C(F)C(F)C2C1. The van der Waals surface area contributed by atoms with Crippen molar-refractivity contribution in [3.63, 3.8) is 0 Å². The van der Waals surface area contributed by atoms with Gasteiger partial charge in [0.15, 0.2) is 17.8 Å². The fourth-order valence-corrected chi connectivity index (χ4v) is 2.91. The largest absolute Gasteiger partial charge is 0.390 e. The van der Waals surface area contributed by atoms with E-state index in [2.05, 4.69) is 0 Å². The molecular weight excluding hydrogens is 229 g/mol. The van der Waals surface area contributed by atoms with Crippen LogP contribution in [0.5, 0.6) is 0 Å². The molecule has 2 rings (SSSR count). The molecule has 3 atom stereocenters. The second kappa shape index (κ2) is 4.48. The van der Waals surface area contributed by atoms with E-state index in [9.17, 15) is 18.3 Å². The predicted octanol–water partition coefficient (Wildman–Crippen LogP) is 3.75. The van der Waals surface area contributed by atoms with Crippen molar-refractivity contribution in [1.82, 2.24) is 0 Å². The first-order valence-electron chi connectivity index (χ1n) is 6.09. The first kappa shape index (κ1) is 12.7. The molecule has 96 valence electrons. The van der Waals surface area contributed by atoms with Crippen molar-refractivity contribution in [1.29, 1.82) is 0 Å². The maximum absolute atomic E-state index is 13.7. The minimum absolute atomic E-state index is 0.189. The molecule has 1 N–H and O–H groups in total. The van der Waals surface area contributed by atoms with Crippen molar-refractivity contribution in [3.05, 3.63) is 23.3 Å².